The number of hydrogen-bond acceptors (Lipinski definition) is 3. The molecular formula is C33H21BrN4. The topological polar surface area (TPSA) is 43.6 Å². The third-order valence-corrected chi connectivity index (χ3v) is 7.21. The van der Waals surface area contributed by atoms with E-state index < -0.39 is 0 Å². The van der Waals surface area contributed by atoms with Crippen LogP contribution in [-0.4, -0.2) is 19.5 Å². The summed E-state index contributed by atoms with van der Waals surface area (Å²) in [5, 5.41) is 2.46. The fourth-order valence-corrected chi connectivity index (χ4v) is 5.27. The van der Waals surface area contributed by atoms with E-state index >= 15 is 0 Å². The average Bonchev–Trinajstić information content (AvgIpc) is 3.31. The first-order valence-electron chi connectivity index (χ1n) is 12.4. The van der Waals surface area contributed by atoms with Crippen molar-refractivity contribution in [2.75, 3.05) is 0 Å². The number of para-hydroxylation sites is 1. The maximum atomic E-state index is 4.87. The molecule has 0 saturated heterocycles. The van der Waals surface area contributed by atoms with E-state index in [9.17, 15) is 0 Å². The molecule has 0 fully saturated rings. The first-order valence-corrected chi connectivity index (χ1v) is 13.2. The Morgan fingerprint density at radius 3 is 1.55 bits per heavy atom. The minimum absolute atomic E-state index is 0.647. The highest BCUT2D eigenvalue weighted by Crippen LogP contribution is 2.34. The second-order valence-electron chi connectivity index (χ2n) is 9.10. The van der Waals surface area contributed by atoms with Crippen molar-refractivity contribution in [3.8, 4) is 39.9 Å². The zero-order chi connectivity index (χ0) is 25.5. The van der Waals surface area contributed by atoms with E-state index in [1.807, 2.05) is 60.7 Å². The summed E-state index contributed by atoms with van der Waals surface area (Å²) in [6, 6.07) is 43.5. The van der Waals surface area contributed by atoms with E-state index in [-0.39, 0.29) is 0 Å². The van der Waals surface area contributed by atoms with Crippen molar-refractivity contribution in [2.24, 2.45) is 0 Å². The number of benzene rings is 5. The molecule has 2 heterocycles. The first-order chi connectivity index (χ1) is 18.7. The van der Waals surface area contributed by atoms with Crippen LogP contribution in [0.25, 0.3) is 61.7 Å². The second kappa shape index (κ2) is 9.36. The predicted octanol–water partition coefficient (Wildman–Crippen LogP) is 8.73. The lowest BCUT2D eigenvalue weighted by Gasteiger charge is -2.11. The lowest BCUT2D eigenvalue weighted by Crippen LogP contribution is -2.00. The van der Waals surface area contributed by atoms with Crippen molar-refractivity contribution >= 4 is 37.7 Å². The van der Waals surface area contributed by atoms with Gasteiger partial charge in [-0.15, -0.1) is 0 Å². The van der Waals surface area contributed by atoms with Gasteiger partial charge in [0.2, 0.25) is 0 Å². The molecule has 0 atom stereocenters. The second-order valence-corrected chi connectivity index (χ2v) is 10.0. The van der Waals surface area contributed by atoms with E-state index in [1.54, 1.807) is 0 Å². The summed E-state index contributed by atoms with van der Waals surface area (Å²) < 4.78 is 3.36. The van der Waals surface area contributed by atoms with Crippen LogP contribution in [0.1, 0.15) is 0 Å². The molecule has 0 saturated carbocycles. The van der Waals surface area contributed by atoms with Crippen LogP contribution in [0.4, 0.5) is 0 Å². The Bertz CT molecular complexity index is 1850. The molecular weight excluding hydrogens is 532 g/mol. The predicted molar refractivity (Wildman–Crippen MR) is 158 cm³/mol. The largest absolute Gasteiger partial charge is 0.309 e. The summed E-state index contributed by atoms with van der Waals surface area (Å²) in [5.74, 6) is 1.96. The standard InChI is InChI=1S/C33H21BrN4/c34-25-17-20-28-27-13-7-8-14-29(27)38(30(28)21-25)26-18-15-24(16-19-26)33-36-31(22-9-3-1-4-10-22)35-32(37-33)23-11-5-2-6-12-23/h1-21H. The minimum atomic E-state index is 0.647. The van der Waals surface area contributed by atoms with Gasteiger partial charge in [0.25, 0.3) is 0 Å². The smallest absolute Gasteiger partial charge is 0.164 e. The molecule has 0 radical (unpaired) electrons. The van der Waals surface area contributed by atoms with Crippen LogP contribution in [0.3, 0.4) is 0 Å². The van der Waals surface area contributed by atoms with Crippen LogP contribution in [0, 0.1) is 0 Å². The minimum Gasteiger partial charge on any atom is -0.309 e. The Labute approximate surface area is 228 Å². The molecule has 5 heteroatoms. The number of nitrogens with zero attached hydrogens (tertiary/aromatic N) is 4. The summed E-state index contributed by atoms with van der Waals surface area (Å²) in [6.07, 6.45) is 0. The maximum Gasteiger partial charge on any atom is 0.164 e. The highest BCUT2D eigenvalue weighted by atomic mass is 79.9. The number of rotatable bonds is 4. The van der Waals surface area contributed by atoms with Crippen LogP contribution >= 0.6 is 15.9 Å². The first kappa shape index (κ1) is 22.6. The molecule has 38 heavy (non-hydrogen) atoms. The van der Waals surface area contributed by atoms with Gasteiger partial charge in [0.1, 0.15) is 0 Å². The Kier molecular flexibility index (Phi) is 5.56. The number of halogens is 1. The van der Waals surface area contributed by atoms with E-state index in [4.69, 9.17) is 15.0 Å². The van der Waals surface area contributed by atoms with Crippen LogP contribution in [0.15, 0.2) is 132 Å². The number of aromatic nitrogens is 4. The Hall–Kier alpha value is -4.61. The van der Waals surface area contributed by atoms with E-state index in [0.717, 1.165) is 32.4 Å². The van der Waals surface area contributed by atoms with Crippen LogP contribution in [0.2, 0.25) is 0 Å². The van der Waals surface area contributed by atoms with Crippen LogP contribution in [0.5, 0.6) is 0 Å². The van der Waals surface area contributed by atoms with Gasteiger partial charge in [0.05, 0.1) is 11.0 Å². The Balaban J connectivity index is 1.37. The lowest BCUT2D eigenvalue weighted by molar-refractivity contribution is 1.07. The Morgan fingerprint density at radius 1 is 0.447 bits per heavy atom. The van der Waals surface area contributed by atoms with Gasteiger partial charge in [-0.1, -0.05) is 101 Å². The normalized spacial score (nSPS) is 11.3. The van der Waals surface area contributed by atoms with Gasteiger partial charge < -0.3 is 4.57 Å². The summed E-state index contributed by atoms with van der Waals surface area (Å²) in [5.41, 5.74) is 6.27. The zero-order valence-corrected chi connectivity index (χ0v) is 21.9. The summed E-state index contributed by atoms with van der Waals surface area (Å²) in [4.78, 5) is 14.5. The summed E-state index contributed by atoms with van der Waals surface area (Å²) in [6.45, 7) is 0. The molecule has 0 spiro atoms. The molecule has 2 aromatic heterocycles. The molecule has 180 valence electrons. The van der Waals surface area contributed by atoms with Gasteiger partial charge in [-0.25, -0.2) is 15.0 Å². The van der Waals surface area contributed by atoms with Gasteiger partial charge in [0.15, 0.2) is 17.5 Å². The fraction of sp³-hybridized carbons (Fsp3) is 0. The van der Waals surface area contributed by atoms with Crippen molar-refractivity contribution in [2.45, 2.75) is 0 Å². The molecule has 0 bridgehead atoms. The molecule has 7 aromatic rings. The van der Waals surface area contributed by atoms with E-state index in [1.165, 1.54) is 16.3 Å². The van der Waals surface area contributed by atoms with Gasteiger partial charge in [-0.3, -0.25) is 0 Å². The van der Waals surface area contributed by atoms with E-state index in [2.05, 4.69) is 87.2 Å². The van der Waals surface area contributed by atoms with Crippen molar-refractivity contribution in [1.29, 1.82) is 0 Å². The highest BCUT2D eigenvalue weighted by Gasteiger charge is 2.14. The fourth-order valence-electron chi connectivity index (χ4n) is 4.92. The quantitative estimate of drug-likeness (QED) is 0.219. The van der Waals surface area contributed by atoms with Crippen molar-refractivity contribution < 1.29 is 0 Å². The molecule has 0 unspecified atom stereocenters. The molecule has 0 aliphatic rings. The van der Waals surface area contributed by atoms with Crippen molar-refractivity contribution in [1.82, 2.24) is 19.5 Å². The molecule has 0 aliphatic heterocycles. The average molecular weight is 553 g/mol. The van der Waals surface area contributed by atoms with Crippen LogP contribution in [-0.2, 0) is 0 Å². The summed E-state index contributed by atoms with van der Waals surface area (Å²) >= 11 is 3.65. The monoisotopic (exact) mass is 552 g/mol. The molecule has 0 N–H and O–H groups in total. The molecule has 4 nitrogen and oxygen atoms in total. The number of fused-ring (bicyclic) bond motifs is 3. The molecule has 7 rings (SSSR count). The zero-order valence-electron chi connectivity index (χ0n) is 20.3. The SMILES string of the molecule is Brc1ccc2c3ccccc3n(-c3ccc(-c4nc(-c5ccccc5)nc(-c5ccccc5)n4)cc3)c2c1. The third kappa shape index (κ3) is 3.98. The summed E-state index contributed by atoms with van der Waals surface area (Å²) in [7, 11) is 0. The molecule has 0 amide bonds. The highest BCUT2D eigenvalue weighted by molar-refractivity contribution is 9.10. The maximum absolute atomic E-state index is 4.87. The van der Waals surface area contributed by atoms with Crippen molar-refractivity contribution in [3.63, 3.8) is 0 Å². The van der Waals surface area contributed by atoms with Gasteiger partial charge >= 0.3 is 0 Å². The molecule has 0 aliphatic carbocycles. The Morgan fingerprint density at radius 2 is 0.947 bits per heavy atom. The number of hydrogen-bond donors (Lipinski definition) is 0. The van der Waals surface area contributed by atoms with E-state index in [0.29, 0.717) is 17.5 Å². The van der Waals surface area contributed by atoms with Gasteiger partial charge in [-0.05, 0) is 42.5 Å². The third-order valence-electron chi connectivity index (χ3n) is 6.72. The van der Waals surface area contributed by atoms with Crippen LogP contribution < -0.4 is 0 Å². The lowest BCUT2D eigenvalue weighted by atomic mass is 10.1. The van der Waals surface area contributed by atoms with Gasteiger partial charge in [-0.2, -0.15) is 0 Å². The van der Waals surface area contributed by atoms with Gasteiger partial charge in [0, 0.05) is 37.6 Å². The molecule has 5 aromatic carbocycles. The van der Waals surface area contributed by atoms with Crippen molar-refractivity contribution in [3.05, 3.63) is 132 Å².